The highest BCUT2D eigenvalue weighted by Gasteiger charge is 2.44. The van der Waals surface area contributed by atoms with E-state index >= 15 is 0 Å². The average Bonchev–Trinajstić information content (AvgIpc) is 3.31. The van der Waals surface area contributed by atoms with Crippen LogP contribution in [-0.4, -0.2) is 64.3 Å². The van der Waals surface area contributed by atoms with E-state index in [9.17, 15) is 19.7 Å². The number of amides is 2. The van der Waals surface area contributed by atoms with Gasteiger partial charge in [-0.2, -0.15) is 0 Å². The van der Waals surface area contributed by atoms with E-state index in [2.05, 4.69) is 5.32 Å². The van der Waals surface area contributed by atoms with Crippen molar-refractivity contribution in [3.05, 3.63) is 27.1 Å². The standard InChI is InChI=1S/C17H22N4O4S.ClH/c22-16(20-11-3-4-12(20)10-18-8-7-11)13-2-1-9-19(13)17(23)14-5-6-15(26-14)21(24)25;/h5-6,11-13,18H,1-4,7-10H2;1H. The van der Waals surface area contributed by atoms with E-state index < -0.39 is 11.0 Å². The van der Waals surface area contributed by atoms with E-state index in [1.165, 1.54) is 12.1 Å². The Bertz CT molecular complexity index is 728. The number of nitrogens with one attached hydrogen (secondary N) is 1. The number of hydrogen-bond donors (Lipinski definition) is 1. The van der Waals surface area contributed by atoms with Gasteiger partial charge in [0.15, 0.2) is 0 Å². The predicted molar refractivity (Wildman–Crippen MR) is 103 cm³/mol. The number of carbonyl (C=O) groups excluding carboxylic acids is 2. The van der Waals surface area contributed by atoms with Gasteiger partial charge in [-0.25, -0.2) is 0 Å². The van der Waals surface area contributed by atoms with Crippen LogP contribution in [0.15, 0.2) is 12.1 Å². The van der Waals surface area contributed by atoms with Crippen LogP contribution in [0.1, 0.15) is 41.8 Å². The molecular formula is C17H23ClN4O4S. The third-order valence-corrected chi connectivity index (χ3v) is 6.71. The number of carbonyl (C=O) groups is 2. The lowest BCUT2D eigenvalue weighted by molar-refractivity contribution is -0.380. The fraction of sp³-hybridized carbons (Fsp3) is 0.647. The first-order valence-electron chi connectivity index (χ1n) is 9.14. The molecule has 0 aliphatic carbocycles. The Morgan fingerprint density at radius 1 is 1.19 bits per heavy atom. The maximum absolute atomic E-state index is 13.3. The van der Waals surface area contributed by atoms with Gasteiger partial charge in [0.1, 0.15) is 6.04 Å². The molecule has 4 rings (SSSR count). The zero-order chi connectivity index (χ0) is 18.3. The predicted octanol–water partition coefficient (Wildman–Crippen LogP) is 2.04. The van der Waals surface area contributed by atoms with E-state index in [0.29, 0.717) is 17.8 Å². The second-order valence-corrected chi connectivity index (χ2v) is 8.24. The molecule has 3 aliphatic rings. The molecule has 1 aromatic heterocycles. The van der Waals surface area contributed by atoms with Crippen LogP contribution in [0, 0.1) is 10.1 Å². The fourth-order valence-corrected chi connectivity index (χ4v) is 5.24. The monoisotopic (exact) mass is 414 g/mol. The van der Waals surface area contributed by atoms with Crippen molar-refractivity contribution in [3.8, 4) is 0 Å². The molecule has 2 bridgehead atoms. The summed E-state index contributed by atoms with van der Waals surface area (Å²) in [6.45, 7) is 2.28. The molecule has 0 saturated carbocycles. The first-order chi connectivity index (χ1) is 12.6. The molecule has 0 radical (unpaired) electrons. The van der Waals surface area contributed by atoms with Gasteiger partial charge >= 0.3 is 5.00 Å². The molecule has 4 heterocycles. The van der Waals surface area contributed by atoms with E-state index in [4.69, 9.17) is 0 Å². The number of nitro groups is 1. The molecule has 3 saturated heterocycles. The van der Waals surface area contributed by atoms with E-state index in [0.717, 1.165) is 50.1 Å². The Balaban J connectivity index is 0.00000210. The number of fused-ring (bicyclic) bond motifs is 2. The van der Waals surface area contributed by atoms with Crippen LogP contribution in [-0.2, 0) is 4.79 Å². The molecule has 1 aromatic rings. The molecule has 2 amide bonds. The van der Waals surface area contributed by atoms with Crippen LogP contribution in [0.2, 0.25) is 0 Å². The number of rotatable bonds is 3. The zero-order valence-electron chi connectivity index (χ0n) is 14.8. The Morgan fingerprint density at radius 3 is 2.70 bits per heavy atom. The molecule has 148 valence electrons. The van der Waals surface area contributed by atoms with Gasteiger partial charge in [0.05, 0.1) is 9.80 Å². The number of halogens is 1. The number of thiophene rings is 1. The number of hydrogen-bond acceptors (Lipinski definition) is 6. The van der Waals surface area contributed by atoms with Crippen molar-refractivity contribution in [3.63, 3.8) is 0 Å². The summed E-state index contributed by atoms with van der Waals surface area (Å²) in [5.74, 6) is -0.211. The van der Waals surface area contributed by atoms with Crippen molar-refractivity contribution in [1.82, 2.24) is 15.1 Å². The molecule has 3 unspecified atom stereocenters. The second kappa shape index (κ2) is 8.12. The summed E-state index contributed by atoms with van der Waals surface area (Å²) in [6, 6.07) is 2.89. The van der Waals surface area contributed by atoms with Gasteiger partial charge in [0.25, 0.3) is 5.91 Å². The quantitative estimate of drug-likeness (QED) is 0.603. The lowest BCUT2D eigenvalue weighted by Crippen LogP contribution is -2.52. The molecule has 27 heavy (non-hydrogen) atoms. The van der Waals surface area contributed by atoms with Gasteiger partial charge in [-0.05, 0) is 44.7 Å². The lowest BCUT2D eigenvalue weighted by Gasteiger charge is -2.33. The summed E-state index contributed by atoms with van der Waals surface area (Å²) < 4.78 is 0. The number of nitrogens with zero attached hydrogens (tertiary/aromatic N) is 3. The molecule has 10 heteroatoms. The normalized spacial score (nSPS) is 27.2. The van der Waals surface area contributed by atoms with E-state index in [1.807, 2.05) is 4.90 Å². The van der Waals surface area contributed by atoms with Crippen LogP contribution in [0.25, 0.3) is 0 Å². The molecule has 3 fully saturated rings. The van der Waals surface area contributed by atoms with E-state index in [1.54, 1.807) is 4.90 Å². The van der Waals surface area contributed by atoms with Crippen LogP contribution in [0.5, 0.6) is 0 Å². The summed E-state index contributed by atoms with van der Waals surface area (Å²) in [7, 11) is 0. The second-order valence-electron chi connectivity index (χ2n) is 7.17. The van der Waals surface area contributed by atoms with Crippen molar-refractivity contribution in [2.75, 3.05) is 19.6 Å². The highest BCUT2D eigenvalue weighted by molar-refractivity contribution is 7.17. The molecule has 0 spiro atoms. The fourth-order valence-electron chi connectivity index (χ4n) is 4.46. The van der Waals surface area contributed by atoms with Crippen molar-refractivity contribution in [2.24, 2.45) is 0 Å². The average molecular weight is 415 g/mol. The van der Waals surface area contributed by atoms with Crippen LogP contribution >= 0.6 is 23.7 Å². The van der Waals surface area contributed by atoms with Gasteiger partial charge in [-0.15, -0.1) is 12.4 Å². The molecule has 3 aliphatic heterocycles. The Hall–Kier alpha value is -1.71. The third kappa shape index (κ3) is 3.68. The highest BCUT2D eigenvalue weighted by Crippen LogP contribution is 2.33. The summed E-state index contributed by atoms with van der Waals surface area (Å²) in [5.41, 5.74) is 0. The van der Waals surface area contributed by atoms with Gasteiger partial charge in [0, 0.05) is 31.2 Å². The first-order valence-corrected chi connectivity index (χ1v) is 9.96. The summed E-state index contributed by atoms with van der Waals surface area (Å²) in [5, 5.41) is 14.2. The topological polar surface area (TPSA) is 95.8 Å². The van der Waals surface area contributed by atoms with Crippen molar-refractivity contribution < 1.29 is 14.5 Å². The van der Waals surface area contributed by atoms with Crippen LogP contribution in [0.3, 0.4) is 0 Å². The maximum atomic E-state index is 13.3. The summed E-state index contributed by atoms with van der Waals surface area (Å²) >= 11 is 0.877. The van der Waals surface area contributed by atoms with Gasteiger partial charge in [0.2, 0.25) is 5.91 Å². The van der Waals surface area contributed by atoms with E-state index in [-0.39, 0.29) is 41.3 Å². The maximum Gasteiger partial charge on any atom is 0.324 e. The van der Waals surface area contributed by atoms with Gasteiger partial charge < -0.3 is 15.1 Å². The van der Waals surface area contributed by atoms with Crippen LogP contribution < -0.4 is 5.32 Å². The summed E-state index contributed by atoms with van der Waals surface area (Å²) in [6.07, 6.45) is 4.47. The SMILES string of the molecule is Cl.O=C(c1ccc([N+](=O)[O-])s1)N1CCCC1C(=O)N1C2CCNCC1CC2. The largest absolute Gasteiger partial charge is 0.334 e. The Kier molecular flexibility index (Phi) is 6.02. The molecule has 0 aromatic carbocycles. The molecule has 8 nitrogen and oxygen atoms in total. The van der Waals surface area contributed by atoms with Gasteiger partial charge in [-0.3, -0.25) is 19.7 Å². The third-order valence-electron chi connectivity index (χ3n) is 5.69. The van der Waals surface area contributed by atoms with Crippen molar-refractivity contribution in [1.29, 1.82) is 0 Å². The smallest absolute Gasteiger partial charge is 0.324 e. The van der Waals surface area contributed by atoms with Crippen LogP contribution in [0.4, 0.5) is 5.00 Å². The Labute approximate surface area is 167 Å². The molecular weight excluding hydrogens is 392 g/mol. The van der Waals surface area contributed by atoms with Crippen molar-refractivity contribution >= 4 is 40.6 Å². The highest BCUT2D eigenvalue weighted by atomic mass is 35.5. The molecule has 3 atom stereocenters. The minimum Gasteiger partial charge on any atom is -0.334 e. The van der Waals surface area contributed by atoms with Gasteiger partial charge in [-0.1, -0.05) is 11.3 Å². The van der Waals surface area contributed by atoms with Crippen molar-refractivity contribution in [2.45, 2.75) is 50.2 Å². The zero-order valence-corrected chi connectivity index (χ0v) is 16.5. The Morgan fingerprint density at radius 2 is 1.96 bits per heavy atom. The minimum absolute atomic E-state index is 0. The minimum atomic E-state index is -0.490. The lowest BCUT2D eigenvalue weighted by atomic mass is 10.1. The summed E-state index contributed by atoms with van der Waals surface area (Å²) in [4.78, 5) is 40.5. The first kappa shape index (κ1) is 20.0. The number of likely N-dealkylation sites (tertiary alicyclic amines) is 1. The molecule has 1 N–H and O–H groups in total.